The van der Waals surface area contributed by atoms with Crippen LogP contribution >= 0.6 is 0 Å². The van der Waals surface area contributed by atoms with Crippen molar-refractivity contribution >= 4 is 17.4 Å². The Balaban J connectivity index is 1.80. The molecule has 0 spiro atoms. The summed E-state index contributed by atoms with van der Waals surface area (Å²) in [7, 11) is 0. The summed E-state index contributed by atoms with van der Waals surface area (Å²) in [5.41, 5.74) is 6.56. The molecule has 0 aromatic carbocycles. The first-order valence-corrected chi connectivity index (χ1v) is 9.22. The fourth-order valence-corrected chi connectivity index (χ4v) is 4.66. The van der Waals surface area contributed by atoms with Crippen LogP contribution in [-0.2, 0) is 4.79 Å². The molecule has 1 aliphatic carbocycles. The largest absolute Gasteiger partial charge is 0.481 e. The molecular formula is C20H25N2O2+. The Labute approximate surface area is 143 Å². The first kappa shape index (κ1) is 15.6. The number of rotatable bonds is 4. The second-order valence-electron chi connectivity index (χ2n) is 7.24. The van der Waals surface area contributed by atoms with E-state index in [1.54, 1.807) is 0 Å². The monoisotopic (exact) mass is 325 g/mol. The van der Waals surface area contributed by atoms with Crippen molar-refractivity contribution in [1.29, 1.82) is 0 Å². The molecule has 3 heterocycles. The fraction of sp³-hybridized carbons (Fsp3) is 0.550. The summed E-state index contributed by atoms with van der Waals surface area (Å²) in [4.78, 5) is 16.1. The van der Waals surface area contributed by atoms with Crippen molar-refractivity contribution in [3.05, 3.63) is 35.1 Å². The minimum Gasteiger partial charge on any atom is -0.481 e. The second-order valence-corrected chi connectivity index (χ2v) is 7.24. The van der Waals surface area contributed by atoms with Crippen molar-refractivity contribution in [2.75, 3.05) is 13.1 Å². The zero-order valence-corrected chi connectivity index (χ0v) is 14.3. The summed E-state index contributed by atoms with van der Waals surface area (Å²) >= 11 is 0. The highest BCUT2D eigenvalue weighted by Crippen LogP contribution is 2.40. The number of carboxylic acid groups (broad SMARTS) is 1. The van der Waals surface area contributed by atoms with E-state index < -0.39 is 5.97 Å². The van der Waals surface area contributed by atoms with Crippen LogP contribution in [0.15, 0.2) is 40.1 Å². The second kappa shape index (κ2) is 6.15. The Morgan fingerprint density at radius 3 is 3.08 bits per heavy atom. The molecule has 4 rings (SSSR count). The molecule has 0 saturated heterocycles. The van der Waals surface area contributed by atoms with Gasteiger partial charge < -0.3 is 5.11 Å². The van der Waals surface area contributed by atoms with Crippen LogP contribution in [0, 0.1) is 11.8 Å². The maximum Gasteiger partial charge on any atom is 0.303 e. The van der Waals surface area contributed by atoms with Gasteiger partial charge in [-0.3, -0.25) is 9.79 Å². The van der Waals surface area contributed by atoms with Gasteiger partial charge in [-0.2, -0.15) is 0 Å². The summed E-state index contributed by atoms with van der Waals surface area (Å²) in [6.07, 6.45) is 11.8. The van der Waals surface area contributed by atoms with Crippen LogP contribution in [0.2, 0.25) is 0 Å². The molecule has 0 aromatic rings. The fourth-order valence-electron chi connectivity index (χ4n) is 4.66. The highest BCUT2D eigenvalue weighted by Gasteiger charge is 2.45. The van der Waals surface area contributed by atoms with Crippen molar-refractivity contribution in [2.45, 2.75) is 45.4 Å². The standard InChI is InChI=1S/C20H24N2O2/c1-2-13-12-22-11-5-6-14(9-10-17(23)24)20(22)18-15-7-3-4-8-16(15)21-19(13)18/h3-4,8,13-14H,2,5-7,9-12H2,1H3/p+1/t13?,14-/m0/s1. The number of aliphatic carboxylic acids is 1. The number of nitrogens with zero attached hydrogens (tertiary/aromatic N) is 2. The molecule has 0 saturated carbocycles. The lowest BCUT2D eigenvalue weighted by Crippen LogP contribution is -2.45. The summed E-state index contributed by atoms with van der Waals surface area (Å²) < 4.78 is 2.55. The number of hydrogen-bond donors (Lipinski definition) is 1. The highest BCUT2D eigenvalue weighted by molar-refractivity contribution is 6.28. The average molecular weight is 325 g/mol. The van der Waals surface area contributed by atoms with E-state index in [1.807, 2.05) is 0 Å². The van der Waals surface area contributed by atoms with Crippen LogP contribution in [0.1, 0.15) is 45.4 Å². The minimum atomic E-state index is -0.686. The van der Waals surface area contributed by atoms with Crippen LogP contribution < -0.4 is 0 Å². The maximum atomic E-state index is 11.1. The molecule has 0 radical (unpaired) electrons. The molecule has 1 N–H and O–H groups in total. The minimum absolute atomic E-state index is 0.261. The number of allylic oxidation sites excluding steroid dienone is 5. The van der Waals surface area contributed by atoms with E-state index in [-0.39, 0.29) is 6.42 Å². The van der Waals surface area contributed by atoms with E-state index >= 15 is 0 Å². The number of aliphatic imine (C=N–C) groups is 1. The van der Waals surface area contributed by atoms with Gasteiger partial charge in [-0.25, -0.2) is 4.58 Å². The Morgan fingerprint density at radius 2 is 2.29 bits per heavy atom. The van der Waals surface area contributed by atoms with E-state index in [1.165, 1.54) is 29.0 Å². The van der Waals surface area contributed by atoms with E-state index in [9.17, 15) is 4.79 Å². The third kappa shape index (κ3) is 2.48. The van der Waals surface area contributed by atoms with Crippen molar-refractivity contribution in [3.8, 4) is 0 Å². The van der Waals surface area contributed by atoms with Gasteiger partial charge in [0.05, 0.1) is 22.9 Å². The number of fused-ring (bicyclic) bond motifs is 3. The molecule has 4 nitrogen and oxygen atoms in total. The van der Waals surface area contributed by atoms with Gasteiger partial charge in [-0.05, 0) is 37.3 Å². The molecule has 0 aromatic heterocycles. The molecule has 4 aliphatic rings. The van der Waals surface area contributed by atoms with E-state index in [2.05, 4.69) is 29.7 Å². The van der Waals surface area contributed by atoms with Gasteiger partial charge >= 0.3 is 5.97 Å². The van der Waals surface area contributed by atoms with Crippen molar-refractivity contribution < 1.29 is 14.5 Å². The third-order valence-electron chi connectivity index (χ3n) is 5.81. The van der Waals surface area contributed by atoms with Gasteiger partial charge in [0, 0.05) is 18.8 Å². The van der Waals surface area contributed by atoms with E-state index in [0.717, 1.165) is 44.5 Å². The predicted molar refractivity (Wildman–Crippen MR) is 94.7 cm³/mol. The Kier molecular flexibility index (Phi) is 3.99. The van der Waals surface area contributed by atoms with Crippen LogP contribution in [0.25, 0.3) is 0 Å². The smallest absolute Gasteiger partial charge is 0.303 e. The zero-order chi connectivity index (χ0) is 16.7. The van der Waals surface area contributed by atoms with Crippen LogP contribution in [0.4, 0.5) is 0 Å². The summed E-state index contributed by atoms with van der Waals surface area (Å²) in [6.45, 7) is 4.40. The summed E-state index contributed by atoms with van der Waals surface area (Å²) in [5, 5.41) is 9.12. The molecule has 2 atom stereocenters. The molecule has 0 fully saturated rings. The first-order chi connectivity index (χ1) is 11.7. The Morgan fingerprint density at radius 1 is 1.42 bits per heavy atom. The normalized spacial score (nSPS) is 28.2. The molecule has 126 valence electrons. The maximum absolute atomic E-state index is 11.1. The molecule has 24 heavy (non-hydrogen) atoms. The quantitative estimate of drug-likeness (QED) is 0.806. The van der Waals surface area contributed by atoms with Crippen LogP contribution in [0.3, 0.4) is 0 Å². The van der Waals surface area contributed by atoms with Gasteiger partial charge in [-0.1, -0.05) is 19.1 Å². The number of carbonyl (C=O) groups is 1. The average Bonchev–Trinajstić information content (AvgIpc) is 2.98. The molecule has 1 unspecified atom stereocenters. The number of carboxylic acids is 1. The van der Waals surface area contributed by atoms with Gasteiger partial charge in [0.1, 0.15) is 6.54 Å². The lowest BCUT2D eigenvalue weighted by Gasteiger charge is -2.31. The van der Waals surface area contributed by atoms with E-state index in [0.29, 0.717) is 11.8 Å². The Hall–Kier alpha value is -1.97. The third-order valence-corrected chi connectivity index (χ3v) is 5.81. The summed E-state index contributed by atoms with van der Waals surface area (Å²) in [5.74, 6) is 0.181. The SMILES string of the molecule is CCC1C[N+]2=C(C3=C4CC=CC=C4N=C31)[C@H](CCC(=O)O)CCC2. The Bertz CT molecular complexity index is 737. The predicted octanol–water partition coefficient (Wildman–Crippen LogP) is 3.35. The topological polar surface area (TPSA) is 52.7 Å². The first-order valence-electron chi connectivity index (χ1n) is 9.22. The lowest BCUT2D eigenvalue weighted by molar-refractivity contribution is -0.540. The van der Waals surface area contributed by atoms with Gasteiger partial charge in [0.15, 0.2) is 12.3 Å². The van der Waals surface area contributed by atoms with Gasteiger partial charge in [-0.15, -0.1) is 0 Å². The highest BCUT2D eigenvalue weighted by atomic mass is 16.4. The van der Waals surface area contributed by atoms with Crippen molar-refractivity contribution in [3.63, 3.8) is 0 Å². The molecule has 0 amide bonds. The molecule has 4 heteroatoms. The van der Waals surface area contributed by atoms with Crippen LogP contribution in [0.5, 0.6) is 0 Å². The zero-order valence-electron chi connectivity index (χ0n) is 14.3. The molecule has 0 bridgehead atoms. The molecular weight excluding hydrogens is 300 g/mol. The lowest BCUT2D eigenvalue weighted by atomic mass is 9.76. The van der Waals surface area contributed by atoms with Crippen molar-refractivity contribution in [2.24, 2.45) is 16.8 Å². The molecule has 3 aliphatic heterocycles. The van der Waals surface area contributed by atoms with Crippen molar-refractivity contribution in [1.82, 2.24) is 0 Å². The summed E-state index contributed by atoms with van der Waals surface area (Å²) in [6, 6.07) is 0. The number of hydrogen-bond acceptors (Lipinski definition) is 2. The van der Waals surface area contributed by atoms with Gasteiger partial charge in [0.2, 0.25) is 0 Å². The van der Waals surface area contributed by atoms with Crippen LogP contribution in [-0.4, -0.2) is 40.2 Å². The van der Waals surface area contributed by atoms with E-state index in [4.69, 9.17) is 10.1 Å². The van der Waals surface area contributed by atoms with Gasteiger partial charge in [0.25, 0.3) is 0 Å².